The summed E-state index contributed by atoms with van der Waals surface area (Å²) in [5.74, 6) is -2.25. The minimum absolute atomic E-state index is 0.117. The number of sulfonamides is 1. The number of amides is 1. The predicted octanol–water partition coefficient (Wildman–Crippen LogP) is 3.19. The summed E-state index contributed by atoms with van der Waals surface area (Å²) >= 11 is 3.13. The van der Waals surface area contributed by atoms with E-state index in [4.69, 9.17) is 9.47 Å². The quantitative estimate of drug-likeness (QED) is 0.292. The second-order valence-corrected chi connectivity index (χ2v) is 10.0. The van der Waals surface area contributed by atoms with Gasteiger partial charge in [0.2, 0.25) is 10.0 Å². The van der Waals surface area contributed by atoms with E-state index in [1.165, 1.54) is 16.4 Å². The van der Waals surface area contributed by atoms with Crippen LogP contribution in [-0.2, 0) is 30.5 Å². The summed E-state index contributed by atoms with van der Waals surface area (Å²) < 4.78 is 76.9. The van der Waals surface area contributed by atoms with Crippen molar-refractivity contribution in [3.05, 3.63) is 62.1 Å². The zero-order chi connectivity index (χ0) is 26.7. The van der Waals surface area contributed by atoms with Crippen molar-refractivity contribution in [1.29, 1.82) is 0 Å². The molecule has 1 aliphatic rings. The molecule has 1 amide bonds. The molecule has 16 heteroatoms. The number of morpholine rings is 1. The number of hydrogen-bond donors (Lipinski definition) is 1. The van der Waals surface area contributed by atoms with E-state index in [0.29, 0.717) is 6.07 Å². The summed E-state index contributed by atoms with van der Waals surface area (Å²) in [4.78, 5) is 34.1. The van der Waals surface area contributed by atoms with Gasteiger partial charge in [0.1, 0.15) is 0 Å². The molecule has 0 atom stereocenters. The number of alkyl halides is 3. The largest absolute Gasteiger partial charge is 0.452 e. The zero-order valence-electron chi connectivity index (χ0n) is 18.1. The van der Waals surface area contributed by atoms with Crippen LogP contribution in [0.15, 0.2) is 45.8 Å². The number of nitrogens with one attached hydrogen (secondary N) is 1. The Kier molecular flexibility index (Phi) is 8.33. The second kappa shape index (κ2) is 10.9. The van der Waals surface area contributed by atoms with Crippen molar-refractivity contribution in [2.45, 2.75) is 11.1 Å². The van der Waals surface area contributed by atoms with Crippen molar-refractivity contribution >= 4 is 49.2 Å². The number of anilines is 1. The average molecular weight is 596 g/mol. The Bertz CT molecular complexity index is 1300. The molecule has 1 saturated heterocycles. The van der Waals surface area contributed by atoms with Gasteiger partial charge < -0.3 is 14.8 Å². The number of non-ortho nitro benzene ring substituents is 1. The van der Waals surface area contributed by atoms with E-state index in [-0.39, 0.29) is 47.3 Å². The summed E-state index contributed by atoms with van der Waals surface area (Å²) in [5.41, 5.74) is -3.27. The average Bonchev–Trinajstić information content (AvgIpc) is 2.82. The molecule has 0 aromatic heterocycles. The fraction of sp³-hybridized carbons (Fsp3) is 0.300. The van der Waals surface area contributed by atoms with Crippen molar-refractivity contribution in [1.82, 2.24) is 4.31 Å². The first-order valence-electron chi connectivity index (χ1n) is 10.0. The van der Waals surface area contributed by atoms with Gasteiger partial charge in [-0.15, -0.1) is 0 Å². The lowest BCUT2D eigenvalue weighted by molar-refractivity contribution is -0.385. The number of esters is 1. The Morgan fingerprint density at radius 1 is 1.17 bits per heavy atom. The molecule has 1 N–H and O–H groups in total. The number of halogens is 4. The molecular formula is C20H17BrF3N3O8S. The summed E-state index contributed by atoms with van der Waals surface area (Å²) in [6.07, 6.45) is -5.01. The highest BCUT2D eigenvalue weighted by Crippen LogP contribution is 2.37. The van der Waals surface area contributed by atoms with Gasteiger partial charge in [-0.2, -0.15) is 17.5 Å². The molecule has 0 radical (unpaired) electrons. The SMILES string of the molecule is O=C(COC(=O)c1ccc(Br)c(S(=O)(=O)N2CCOCC2)c1)Nc1ccc([N+](=O)[O-])cc1C(F)(F)F. The van der Waals surface area contributed by atoms with E-state index in [9.17, 15) is 41.3 Å². The van der Waals surface area contributed by atoms with Crippen LogP contribution < -0.4 is 5.32 Å². The van der Waals surface area contributed by atoms with Crippen LogP contribution in [0.3, 0.4) is 0 Å². The van der Waals surface area contributed by atoms with Crippen LogP contribution in [0.2, 0.25) is 0 Å². The van der Waals surface area contributed by atoms with Gasteiger partial charge in [0.05, 0.1) is 39.8 Å². The smallest absolute Gasteiger partial charge is 0.418 e. The molecule has 194 valence electrons. The van der Waals surface area contributed by atoms with Crippen LogP contribution in [0.4, 0.5) is 24.5 Å². The molecule has 36 heavy (non-hydrogen) atoms. The van der Waals surface area contributed by atoms with Gasteiger partial charge in [-0.3, -0.25) is 14.9 Å². The molecule has 0 saturated carbocycles. The van der Waals surface area contributed by atoms with Gasteiger partial charge in [0.25, 0.3) is 11.6 Å². The highest BCUT2D eigenvalue weighted by atomic mass is 79.9. The van der Waals surface area contributed by atoms with Gasteiger partial charge in [-0.1, -0.05) is 0 Å². The number of rotatable bonds is 7. The predicted molar refractivity (Wildman–Crippen MR) is 121 cm³/mol. The number of carbonyl (C=O) groups excluding carboxylic acids is 2. The monoisotopic (exact) mass is 595 g/mol. The number of ether oxygens (including phenoxy) is 2. The van der Waals surface area contributed by atoms with E-state index in [1.807, 2.05) is 5.32 Å². The normalized spacial score (nSPS) is 14.8. The molecule has 1 aliphatic heterocycles. The maximum atomic E-state index is 13.3. The first-order chi connectivity index (χ1) is 16.8. The molecule has 11 nitrogen and oxygen atoms in total. The first kappa shape index (κ1) is 27.5. The number of nitro groups is 1. The van der Waals surface area contributed by atoms with Gasteiger partial charge in [0, 0.05) is 29.7 Å². The lowest BCUT2D eigenvalue weighted by Gasteiger charge is -2.26. The van der Waals surface area contributed by atoms with Gasteiger partial charge >= 0.3 is 12.1 Å². The summed E-state index contributed by atoms with van der Waals surface area (Å²) in [6, 6.07) is 5.33. The maximum absolute atomic E-state index is 13.3. The third-order valence-electron chi connectivity index (χ3n) is 4.88. The molecule has 0 bridgehead atoms. The summed E-state index contributed by atoms with van der Waals surface area (Å²) in [5, 5.41) is 12.7. The van der Waals surface area contributed by atoms with E-state index in [2.05, 4.69) is 15.9 Å². The molecule has 1 heterocycles. The van der Waals surface area contributed by atoms with Crippen molar-refractivity contribution in [2.75, 3.05) is 38.2 Å². The Balaban J connectivity index is 1.72. The third kappa shape index (κ3) is 6.37. The lowest BCUT2D eigenvalue weighted by Crippen LogP contribution is -2.40. The molecule has 0 aliphatic carbocycles. The minimum Gasteiger partial charge on any atom is -0.452 e. The highest BCUT2D eigenvalue weighted by molar-refractivity contribution is 9.10. The zero-order valence-corrected chi connectivity index (χ0v) is 20.5. The van der Waals surface area contributed by atoms with Crippen LogP contribution in [-0.4, -0.2) is 62.4 Å². The number of nitrogens with zero attached hydrogens (tertiary/aromatic N) is 2. The maximum Gasteiger partial charge on any atom is 0.418 e. The molecule has 1 fully saturated rings. The Hall–Kier alpha value is -3.08. The minimum atomic E-state index is -5.01. The Morgan fingerprint density at radius 2 is 1.83 bits per heavy atom. The van der Waals surface area contributed by atoms with Crippen molar-refractivity contribution in [2.24, 2.45) is 0 Å². The van der Waals surface area contributed by atoms with Crippen LogP contribution in [0, 0.1) is 10.1 Å². The topological polar surface area (TPSA) is 145 Å². The molecule has 0 spiro atoms. The van der Waals surface area contributed by atoms with E-state index in [0.717, 1.165) is 12.1 Å². The standard InChI is InChI=1S/C20H17BrF3N3O8S/c21-15-3-1-12(9-17(15)36(32,33)26-5-7-34-8-6-26)19(29)35-11-18(28)25-16-4-2-13(27(30)31)10-14(16)20(22,23)24/h1-4,9-10H,5-8,11H2,(H,25,28). The van der Waals surface area contributed by atoms with Crippen molar-refractivity contribution in [3.8, 4) is 0 Å². The summed E-state index contributed by atoms with van der Waals surface area (Å²) in [6.45, 7) is -0.357. The van der Waals surface area contributed by atoms with Gasteiger partial charge in [-0.25, -0.2) is 13.2 Å². The number of carbonyl (C=O) groups is 2. The molecular weight excluding hydrogens is 579 g/mol. The summed E-state index contributed by atoms with van der Waals surface area (Å²) in [7, 11) is -3.98. The van der Waals surface area contributed by atoms with Crippen LogP contribution in [0.25, 0.3) is 0 Å². The molecule has 2 aromatic carbocycles. The molecule has 0 unspecified atom stereocenters. The fourth-order valence-corrected chi connectivity index (χ4v) is 5.50. The van der Waals surface area contributed by atoms with E-state index < -0.39 is 56.5 Å². The molecule has 3 rings (SSSR count). The van der Waals surface area contributed by atoms with Gasteiger partial charge in [0.15, 0.2) is 6.61 Å². The Labute approximate surface area is 210 Å². The van der Waals surface area contributed by atoms with Crippen molar-refractivity contribution in [3.63, 3.8) is 0 Å². The van der Waals surface area contributed by atoms with Crippen LogP contribution >= 0.6 is 15.9 Å². The third-order valence-corrected chi connectivity index (χ3v) is 7.78. The van der Waals surface area contributed by atoms with Crippen LogP contribution in [0.5, 0.6) is 0 Å². The van der Waals surface area contributed by atoms with E-state index in [1.54, 1.807) is 0 Å². The second-order valence-electron chi connectivity index (χ2n) is 7.27. The van der Waals surface area contributed by atoms with Gasteiger partial charge in [-0.05, 0) is 40.2 Å². The number of benzene rings is 2. The number of nitro benzene ring substituents is 1. The van der Waals surface area contributed by atoms with Crippen molar-refractivity contribution < 1.29 is 45.6 Å². The fourth-order valence-electron chi connectivity index (χ4n) is 3.14. The van der Waals surface area contributed by atoms with E-state index >= 15 is 0 Å². The number of hydrogen-bond acceptors (Lipinski definition) is 8. The Morgan fingerprint density at radius 3 is 2.44 bits per heavy atom. The lowest BCUT2D eigenvalue weighted by atomic mass is 10.1. The highest BCUT2D eigenvalue weighted by Gasteiger charge is 2.36. The molecule has 2 aromatic rings. The van der Waals surface area contributed by atoms with Crippen LogP contribution in [0.1, 0.15) is 15.9 Å². The first-order valence-corrected chi connectivity index (χ1v) is 12.2.